The lowest BCUT2D eigenvalue weighted by atomic mass is 10.3. The number of aliphatic carboxylic acids is 1. The van der Waals surface area contributed by atoms with Gasteiger partial charge in [-0.3, -0.25) is 14.5 Å². The molecule has 0 atom stereocenters. The van der Waals surface area contributed by atoms with Gasteiger partial charge in [0.15, 0.2) is 0 Å². The molecule has 0 unspecified atom stereocenters. The topological polar surface area (TPSA) is 60.9 Å². The average molecular weight is 284 g/mol. The minimum absolute atomic E-state index is 0.0124. The van der Waals surface area contributed by atoms with E-state index in [1.165, 1.54) is 0 Å². The molecule has 5 nitrogen and oxygen atoms in total. The molecule has 0 aliphatic carbocycles. The Morgan fingerprint density at radius 2 is 2.16 bits per heavy atom. The van der Waals surface area contributed by atoms with E-state index in [-0.39, 0.29) is 18.9 Å². The monoisotopic (exact) mass is 284 g/mol. The van der Waals surface area contributed by atoms with Gasteiger partial charge in [0.25, 0.3) is 0 Å². The van der Waals surface area contributed by atoms with Gasteiger partial charge in [-0.15, -0.1) is 0 Å². The summed E-state index contributed by atoms with van der Waals surface area (Å²) in [4.78, 5) is 26.1. The Morgan fingerprint density at radius 1 is 1.42 bits per heavy atom. The summed E-state index contributed by atoms with van der Waals surface area (Å²) in [5.74, 6) is -0.823. The molecule has 6 heteroatoms. The Bertz CT molecular complexity index is 406. The van der Waals surface area contributed by atoms with E-state index in [2.05, 4.69) is 0 Å². The normalized spacial score (nSPS) is 10.7. The molecule has 0 spiro atoms. The lowest BCUT2D eigenvalue weighted by Crippen LogP contribution is -2.38. The first-order valence-electron chi connectivity index (χ1n) is 6.22. The van der Waals surface area contributed by atoms with Crippen molar-refractivity contribution in [3.63, 3.8) is 0 Å². The standard InChI is InChI=1S/C13H20N2O3S/c1-3-15(6-4-13(17)18)9-12(16)14(2)8-11-5-7-19-10-11/h5,7,10H,3-4,6,8-9H2,1-2H3,(H,17,18). The van der Waals surface area contributed by atoms with Crippen LogP contribution in [-0.4, -0.2) is 53.5 Å². The van der Waals surface area contributed by atoms with Crippen molar-refractivity contribution >= 4 is 23.2 Å². The van der Waals surface area contributed by atoms with E-state index in [0.717, 1.165) is 5.56 Å². The third kappa shape index (κ3) is 5.85. The zero-order valence-electron chi connectivity index (χ0n) is 11.3. The first-order valence-corrected chi connectivity index (χ1v) is 7.16. The first kappa shape index (κ1) is 15.7. The number of amides is 1. The maximum Gasteiger partial charge on any atom is 0.304 e. The number of rotatable bonds is 8. The number of nitrogens with zero attached hydrogens (tertiary/aromatic N) is 2. The lowest BCUT2D eigenvalue weighted by Gasteiger charge is -2.23. The molecule has 0 radical (unpaired) electrons. The van der Waals surface area contributed by atoms with Crippen molar-refractivity contribution in [1.29, 1.82) is 0 Å². The Morgan fingerprint density at radius 3 is 2.68 bits per heavy atom. The fraction of sp³-hybridized carbons (Fsp3) is 0.538. The van der Waals surface area contributed by atoms with Gasteiger partial charge in [-0.1, -0.05) is 6.92 Å². The zero-order valence-corrected chi connectivity index (χ0v) is 12.2. The highest BCUT2D eigenvalue weighted by Crippen LogP contribution is 2.08. The number of hydrogen-bond donors (Lipinski definition) is 1. The molecule has 0 aromatic carbocycles. The zero-order chi connectivity index (χ0) is 14.3. The summed E-state index contributed by atoms with van der Waals surface area (Å²) >= 11 is 1.61. The summed E-state index contributed by atoms with van der Waals surface area (Å²) in [7, 11) is 1.77. The van der Waals surface area contributed by atoms with Crippen molar-refractivity contribution in [2.45, 2.75) is 19.9 Å². The van der Waals surface area contributed by atoms with Crippen molar-refractivity contribution < 1.29 is 14.7 Å². The van der Waals surface area contributed by atoms with Crippen LogP contribution in [0.5, 0.6) is 0 Å². The molecule has 0 bridgehead atoms. The molecule has 19 heavy (non-hydrogen) atoms. The molecule has 0 saturated carbocycles. The highest BCUT2D eigenvalue weighted by molar-refractivity contribution is 7.07. The summed E-state index contributed by atoms with van der Waals surface area (Å²) in [6.45, 7) is 3.87. The smallest absolute Gasteiger partial charge is 0.304 e. The molecule has 1 amide bonds. The van der Waals surface area contributed by atoms with E-state index in [1.807, 2.05) is 28.7 Å². The summed E-state index contributed by atoms with van der Waals surface area (Å²) in [5.41, 5.74) is 1.12. The molecule has 1 rings (SSSR count). The molecule has 0 saturated heterocycles. The number of hydrogen-bond acceptors (Lipinski definition) is 4. The van der Waals surface area contributed by atoms with E-state index in [4.69, 9.17) is 5.11 Å². The second kappa shape index (κ2) is 7.91. The van der Waals surface area contributed by atoms with Gasteiger partial charge >= 0.3 is 5.97 Å². The van der Waals surface area contributed by atoms with Crippen LogP contribution in [-0.2, 0) is 16.1 Å². The van der Waals surface area contributed by atoms with Crippen molar-refractivity contribution in [3.8, 4) is 0 Å². The molecule has 106 valence electrons. The predicted molar refractivity (Wildman–Crippen MR) is 75.2 cm³/mol. The molecule has 0 fully saturated rings. The van der Waals surface area contributed by atoms with Crippen LogP contribution in [0.2, 0.25) is 0 Å². The van der Waals surface area contributed by atoms with E-state index in [1.54, 1.807) is 23.3 Å². The molecule has 1 heterocycles. The van der Waals surface area contributed by atoms with Crippen LogP contribution in [0.25, 0.3) is 0 Å². The largest absolute Gasteiger partial charge is 0.481 e. The summed E-state index contributed by atoms with van der Waals surface area (Å²) in [5, 5.41) is 12.7. The van der Waals surface area contributed by atoms with Crippen LogP contribution in [0.4, 0.5) is 0 Å². The number of carbonyl (C=O) groups is 2. The van der Waals surface area contributed by atoms with E-state index < -0.39 is 5.97 Å². The Kier molecular flexibility index (Phi) is 6.52. The molecular formula is C13H20N2O3S. The van der Waals surface area contributed by atoms with Crippen LogP contribution in [0.1, 0.15) is 18.9 Å². The van der Waals surface area contributed by atoms with Gasteiger partial charge in [-0.05, 0) is 28.9 Å². The molecular weight excluding hydrogens is 264 g/mol. The van der Waals surface area contributed by atoms with Gasteiger partial charge in [-0.25, -0.2) is 0 Å². The highest BCUT2D eigenvalue weighted by atomic mass is 32.1. The maximum atomic E-state index is 12.0. The lowest BCUT2D eigenvalue weighted by molar-refractivity contribution is -0.138. The third-order valence-corrected chi connectivity index (χ3v) is 3.61. The van der Waals surface area contributed by atoms with E-state index in [0.29, 0.717) is 19.6 Å². The van der Waals surface area contributed by atoms with Crippen LogP contribution in [0, 0.1) is 0 Å². The number of carboxylic acids is 1. The second-order valence-corrected chi connectivity index (χ2v) is 5.17. The predicted octanol–water partition coefficient (Wildman–Crippen LogP) is 1.50. The van der Waals surface area contributed by atoms with Crippen molar-refractivity contribution in [3.05, 3.63) is 22.4 Å². The molecule has 0 aliphatic heterocycles. The van der Waals surface area contributed by atoms with Crippen molar-refractivity contribution in [1.82, 2.24) is 9.80 Å². The first-order chi connectivity index (χ1) is 9.02. The summed E-state index contributed by atoms with van der Waals surface area (Å²) in [6, 6.07) is 2.00. The number of carboxylic acid groups (broad SMARTS) is 1. The number of thiophene rings is 1. The van der Waals surface area contributed by atoms with Gasteiger partial charge in [0, 0.05) is 20.1 Å². The van der Waals surface area contributed by atoms with Crippen LogP contribution >= 0.6 is 11.3 Å². The maximum absolute atomic E-state index is 12.0. The molecule has 1 aromatic rings. The Labute approximate surface area is 117 Å². The third-order valence-electron chi connectivity index (χ3n) is 2.87. The van der Waals surface area contributed by atoms with Gasteiger partial charge in [0.1, 0.15) is 0 Å². The van der Waals surface area contributed by atoms with Gasteiger partial charge in [0.2, 0.25) is 5.91 Å². The van der Waals surface area contributed by atoms with Gasteiger partial charge in [-0.2, -0.15) is 11.3 Å². The molecule has 1 N–H and O–H groups in total. The quantitative estimate of drug-likeness (QED) is 0.786. The fourth-order valence-corrected chi connectivity index (χ4v) is 2.32. The Balaban J connectivity index is 2.40. The molecule has 1 aromatic heterocycles. The number of likely N-dealkylation sites (N-methyl/N-ethyl adjacent to an activating group) is 2. The van der Waals surface area contributed by atoms with Crippen molar-refractivity contribution in [2.75, 3.05) is 26.7 Å². The van der Waals surface area contributed by atoms with Crippen molar-refractivity contribution in [2.24, 2.45) is 0 Å². The minimum atomic E-state index is -0.836. The minimum Gasteiger partial charge on any atom is -0.481 e. The van der Waals surface area contributed by atoms with Crippen LogP contribution in [0.3, 0.4) is 0 Å². The Hall–Kier alpha value is -1.40. The number of carbonyl (C=O) groups excluding carboxylic acids is 1. The van der Waals surface area contributed by atoms with E-state index in [9.17, 15) is 9.59 Å². The summed E-state index contributed by atoms with van der Waals surface area (Å²) in [6.07, 6.45) is 0.0648. The fourth-order valence-electron chi connectivity index (χ4n) is 1.66. The summed E-state index contributed by atoms with van der Waals surface area (Å²) < 4.78 is 0. The van der Waals surface area contributed by atoms with Crippen LogP contribution in [0.15, 0.2) is 16.8 Å². The van der Waals surface area contributed by atoms with Gasteiger partial charge < -0.3 is 10.0 Å². The van der Waals surface area contributed by atoms with Gasteiger partial charge in [0.05, 0.1) is 13.0 Å². The average Bonchev–Trinajstić information content (AvgIpc) is 2.86. The molecule has 0 aliphatic rings. The van der Waals surface area contributed by atoms with E-state index >= 15 is 0 Å². The highest BCUT2D eigenvalue weighted by Gasteiger charge is 2.14. The second-order valence-electron chi connectivity index (χ2n) is 4.39. The SMILES string of the molecule is CCN(CCC(=O)O)CC(=O)N(C)Cc1ccsc1. The van der Waals surface area contributed by atoms with Crippen LogP contribution < -0.4 is 0 Å².